The van der Waals surface area contributed by atoms with E-state index in [4.69, 9.17) is 5.11 Å². The molecule has 0 radical (unpaired) electrons. The summed E-state index contributed by atoms with van der Waals surface area (Å²) >= 11 is 0. The molecule has 2 heterocycles. The van der Waals surface area contributed by atoms with Crippen molar-refractivity contribution < 1.29 is 14.7 Å². The van der Waals surface area contributed by atoms with Crippen LogP contribution in [0.5, 0.6) is 0 Å². The largest absolute Gasteiger partial charge is 0.481 e. The first kappa shape index (κ1) is 13.7. The van der Waals surface area contributed by atoms with E-state index in [1.807, 2.05) is 24.4 Å². The number of hydrogen-bond donors (Lipinski definition) is 2. The van der Waals surface area contributed by atoms with Crippen molar-refractivity contribution in [2.75, 3.05) is 6.54 Å². The summed E-state index contributed by atoms with van der Waals surface area (Å²) in [6, 6.07) is 7.34. The molecule has 1 atom stereocenters. The molecule has 2 aromatic rings. The van der Waals surface area contributed by atoms with Gasteiger partial charge in [-0.05, 0) is 31.4 Å². The Morgan fingerprint density at radius 2 is 2.14 bits per heavy atom. The molecule has 1 unspecified atom stereocenters. The second-order valence-electron chi connectivity index (χ2n) is 5.49. The van der Waals surface area contributed by atoms with Crippen LogP contribution in [0.4, 0.5) is 0 Å². The summed E-state index contributed by atoms with van der Waals surface area (Å²) in [4.78, 5) is 28.6. The smallest absolute Gasteiger partial charge is 0.305 e. The van der Waals surface area contributed by atoms with Gasteiger partial charge in [-0.2, -0.15) is 0 Å². The Labute approximate surface area is 122 Å². The zero-order valence-corrected chi connectivity index (χ0v) is 11.7. The van der Waals surface area contributed by atoms with Crippen LogP contribution < -0.4 is 0 Å². The van der Waals surface area contributed by atoms with E-state index in [-0.39, 0.29) is 18.4 Å². The zero-order chi connectivity index (χ0) is 14.8. The van der Waals surface area contributed by atoms with Gasteiger partial charge in [0, 0.05) is 24.2 Å². The Hall–Kier alpha value is -2.30. The molecule has 0 bridgehead atoms. The van der Waals surface area contributed by atoms with Gasteiger partial charge < -0.3 is 15.0 Å². The molecule has 3 rings (SSSR count). The summed E-state index contributed by atoms with van der Waals surface area (Å²) in [6.07, 6.45) is 4.51. The van der Waals surface area contributed by atoms with Crippen molar-refractivity contribution >= 4 is 22.8 Å². The lowest BCUT2D eigenvalue weighted by Gasteiger charge is -2.35. The summed E-state index contributed by atoms with van der Waals surface area (Å²) in [7, 11) is 0. The van der Waals surface area contributed by atoms with E-state index in [0.717, 1.165) is 30.2 Å². The predicted octanol–water partition coefficient (Wildman–Crippen LogP) is 2.64. The number of fused-ring (bicyclic) bond motifs is 1. The lowest BCUT2D eigenvalue weighted by Crippen LogP contribution is -2.44. The highest BCUT2D eigenvalue weighted by atomic mass is 16.4. The number of aromatic amines is 1. The number of likely N-dealkylation sites (tertiary alicyclic amines) is 1. The molecule has 0 aliphatic carbocycles. The standard InChI is InChI=1S/C16H18N2O3/c19-14(20)10-12-5-1-2-9-18(12)16(21)13-6-3-4-11-7-8-17-15(11)13/h3-4,6-8,12,17H,1-2,5,9-10H2,(H,19,20). The zero-order valence-electron chi connectivity index (χ0n) is 11.7. The van der Waals surface area contributed by atoms with E-state index in [1.165, 1.54) is 0 Å². The number of nitrogens with zero attached hydrogens (tertiary/aromatic N) is 1. The normalized spacial score (nSPS) is 18.9. The number of hydrogen-bond acceptors (Lipinski definition) is 2. The number of carboxylic acid groups (broad SMARTS) is 1. The van der Waals surface area contributed by atoms with Crippen molar-refractivity contribution in [1.29, 1.82) is 0 Å². The molecule has 110 valence electrons. The average Bonchev–Trinajstić information content (AvgIpc) is 2.95. The number of para-hydroxylation sites is 1. The fourth-order valence-corrected chi connectivity index (χ4v) is 3.10. The van der Waals surface area contributed by atoms with Gasteiger partial charge in [0.2, 0.25) is 0 Å². The molecule has 1 saturated heterocycles. The topological polar surface area (TPSA) is 73.4 Å². The van der Waals surface area contributed by atoms with Gasteiger partial charge in [0.15, 0.2) is 0 Å². The van der Waals surface area contributed by atoms with Gasteiger partial charge in [-0.25, -0.2) is 0 Å². The van der Waals surface area contributed by atoms with E-state index < -0.39 is 5.97 Å². The Kier molecular flexibility index (Phi) is 3.64. The number of carbonyl (C=O) groups is 2. The predicted molar refractivity (Wildman–Crippen MR) is 79.2 cm³/mol. The number of amides is 1. The fourth-order valence-electron chi connectivity index (χ4n) is 3.10. The summed E-state index contributed by atoms with van der Waals surface area (Å²) in [5.41, 5.74) is 1.44. The maximum atomic E-state index is 12.8. The van der Waals surface area contributed by atoms with Gasteiger partial charge >= 0.3 is 5.97 Å². The van der Waals surface area contributed by atoms with Crippen LogP contribution in [0.15, 0.2) is 30.5 Å². The Morgan fingerprint density at radius 3 is 2.95 bits per heavy atom. The molecule has 1 fully saturated rings. The van der Waals surface area contributed by atoms with Gasteiger partial charge in [0.1, 0.15) is 0 Å². The Balaban J connectivity index is 1.92. The SMILES string of the molecule is O=C(O)CC1CCCCN1C(=O)c1cccc2cc[nH]c12. The number of nitrogens with one attached hydrogen (secondary N) is 1. The van der Waals surface area contributed by atoms with Crippen molar-refractivity contribution in [2.45, 2.75) is 31.7 Å². The Bertz CT molecular complexity index is 677. The summed E-state index contributed by atoms with van der Waals surface area (Å²) in [6.45, 7) is 0.633. The molecule has 21 heavy (non-hydrogen) atoms. The van der Waals surface area contributed by atoms with Gasteiger partial charge in [0.05, 0.1) is 17.5 Å². The first-order valence-corrected chi connectivity index (χ1v) is 7.25. The lowest BCUT2D eigenvalue weighted by molar-refractivity contribution is -0.138. The molecule has 5 heteroatoms. The molecule has 1 aliphatic heterocycles. The molecule has 5 nitrogen and oxygen atoms in total. The highest BCUT2D eigenvalue weighted by molar-refractivity contribution is 6.05. The molecular formula is C16H18N2O3. The highest BCUT2D eigenvalue weighted by Gasteiger charge is 2.29. The second-order valence-corrected chi connectivity index (χ2v) is 5.49. The quantitative estimate of drug-likeness (QED) is 0.911. The second kappa shape index (κ2) is 5.60. The van der Waals surface area contributed by atoms with Crippen LogP contribution >= 0.6 is 0 Å². The van der Waals surface area contributed by atoms with E-state index in [0.29, 0.717) is 12.1 Å². The molecular weight excluding hydrogens is 268 g/mol. The highest BCUT2D eigenvalue weighted by Crippen LogP contribution is 2.25. The number of H-pyrrole nitrogens is 1. The number of carbonyl (C=O) groups excluding carboxylic acids is 1. The fraction of sp³-hybridized carbons (Fsp3) is 0.375. The first-order chi connectivity index (χ1) is 10.2. The number of aromatic nitrogens is 1. The van der Waals surface area contributed by atoms with Gasteiger partial charge in [-0.3, -0.25) is 9.59 Å². The third-order valence-electron chi connectivity index (χ3n) is 4.12. The summed E-state index contributed by atoms with van der Waals surface area (Å²) < 4.78 is 0. The number of benzene rings is 1. The lowest BCUT2D eigenvalue weighted by atomic mass is 9.98. The van der Waals surface area contributed by atoms with Crippen LogP contribution in [0.2, 0.25) is 0 Å². The van der Waals surface area contributed by atoms with Crippen molar-refractivity contribution in [3.63, 3.8) is 0 Å². The maximum absolute atomic E-state index is 12.8. The number of rotatable bonds is 3. The first-order valence-electron chi connectivity index (χ1n) is 7.25. The molecule has 1 aliphatic rings. The van der Waals surface area contributed by atoms with Crippen LogP contribution in [0.3, 0.4) is 0 Å². The third kappa shape index (κ3) is 2.63. The van der Waals surface area contributed by atoms with Crippen molar-refractivity contribution in [1.82, 2.24) is 9.88 Å². The summed E-state index contributed by atoms with van der Waals surface area (Å²) in [5.74, 6) is -0.924. The monoisotopic (exact) mass is 286 g/mol. The van der Waals surface area contributed by atoms with Crippen LogP contribution in [0, 0.1) is 0 Å². The minimum absolute atomic E-state index is 0.0203. The van der Waals surface area contributed by atoms with Crippen molar-refractivity contribution in [3.8, 4) is 0 Å². The average molecular weight is 286 g/mol. The number of aliphatic carboxylic acids is 1. The minimum atomic E-state index is -0.849. The van der Waals surface area contributed by atoms with Crippen LogP contribution in [0.1, 0.15) is 36.0 Å². The van der Waals surface area contributed by atoms with Gasteiger partial charge in [-0.15, -0.1) is 0 Å². The van der Waals surface area contributed by atoms with Crippen LogP contribution in [0.25, 0.3) is 10.9 Å². The van der Waals surface area contributed by atoms with Gasteiger partial charge in [-0.1, -0.05) is 12.1 Å². The molecule has 2 N–H and O–H groups in total. The third-order valence-corrected chi connectivity index (χ3v) is 4.12. The molecule has 1 amide bonds. The molecule has 1 aromatic carbocycles. The van der Waals surface area contributed by atoms with Crippen LogP contribution in [-0.4, -0.2) is 39.5 Å². The number of carboxylic acids is 1. The van der Waals surface area contributed by atoms with Crippen LogP contribution in [-0.2, 0) is 4.79 Å². The van der Waals surface area contributed by atoms with E-state index in [1.54, 1.807) is 11.0 Å². The molecule has 0 spiro atoms. The van der Waals surface area contributed by atoms with Gasteiger partial charge in [0.25, 0.3) is 5.91 Å². The maximum Gasteiger partial charge on any atom is 0.305 e. The van der Waals surface area contributed by atoms with Crippen molar-refractivity contribution in [3.05, 3.63) is 36.0 Å². The van der Waals surface area contributed by atoms with E-state index in [2.05, 4.69) is 4.98 Å². The molecule has 0 saturated carbocycles. The molecule has 1 aromatic heterocycles. The van der Waals surface area contributed by atoms with E-state index >= 15 is 0 Å². The number of piperidine rings is 1. The van der Waals surface area contributed by atoms with E-state index in [9.17, 15) is 9.59 Å². The minimum Gasteiger partial charge on any atom is -0.481 e. The Morgan fingerprint density at radius 1 is 1.29 bits per heavy atom. The van der Waals surface area contributed by atoms with Crippen molar-refractivity contribution in [2.24, 2.45) is 0 Å². The summed E-state index contributed by atoms with van der Waals surface area (Å²) in [5, 5.41) is 10.0.